The number of hydrogen-bond acceptors (Lipinski definition) is 3. The fourth-order valence-electron chi connectivity index (χ4n) is 2.24. The van der Waals surface area contributed by atoms with E-state index < -0.39 is 0 Å². The van der Waals surface area contributed by atoms with E-state index in [0.717, 1.165) is 16.9 Å². The van der Waals surface area contributed by atoms with Crippen molar-refractivity contribution in [2.45, 2.75) is 12.5 Å². The van der Waals surface area contributed by atoms with E-state index in [1.54, 1.807) is 32.4 Å². The summed E-state index contributed by atoms with van der Waals surface area (Å²) in [6.45, 7) is 0. The van der Waals surface area contributed by atoms with Gasteiger partial charge < -0.3 is 15.2 Å². The van der Waals surface area contributed by atoms with Crippen molar-refractivity contribution in [3.05, 3.63) is 57.6 Å². The molecule has 0 bridgehead atoms. The van der Waals surface area contributed by atoms with Crippen molar-refractivity contribution in [3.8, 4) is 11.5 Å². The molecule has 2 N–H and O–H groups in total. The van der Waals surface area contributed by atoms with Gasteiger partial charge in [0.1, 0.15) is 11.5 Å². The molecule has 1 unspecified atom stereocenters. The topological polar surface area (TPSA) is 44.5 Å². The molecule has 1 atom stereocenters. The monoisotopic (exact) mass is 325 g/mol. The number of benzene rings is 2. The molecule has 2 aromatic carbocycles. The van der Waals surface area contributed by atoms with Gasteiger partial charge >= 0.3 is 0 Å². The molecule has 0 heterocycles. The number of nitrogens with two attached hydrogens (primary N) is 1. The van der Waals surface area contributed by atoms with Gasteiger partial charge in [0.25, 0.3) is 0 Å². The minimum atomic E-state index is -0.246. The smallest absolute Gasteiger partial charge is 0.125 e. The predicted octanol–water partition coefficient (Wildman–Crippen LogP) is 4.25. The zero-order valence-electron chi connectivity index (χ0n) is 11.9. The second-order valence-corrected chi connectivity index (χ2v) is 5.53. The summed E-state index contributed by atoms with van der Waals surface area (Å²) in [5.74, 6) is 1.44. The SMILES string of the molecule is COc1ccc(Cl)cc1CC(N)c1ccc(Cl)cc1OC. The summed E-state index contributed by atoms with van der Waals surface area (Å²) in [6.07, 6.45) is 0.585. The molecular formula is C16H17Cl2NO2. The van der Waals surface area contributed by atoms with Gasteiger partial charge in [-0.15, -0.1) is 0 Å². The number of rotatable bonds is 5. The molecule has 0 aliphatic carbocycles. The first-order valence-corrected chi connectivity index (χ1v) is 7.22. The third-order valence-electron chi connectivity index (χ3n) is 3.28. The van der Waals surface area contributed by atoms with Gasteiger partial charge in [-0.05, 0) is 42.3 Å². The molecule has 5 heteroatoms. The van der Waals surface area contributed by atoms with Crippen LogP contribution >= 0.6 is 23.2 Å². The van der Waals surface area contributed by atoms with E-state index in [-0.39, 0.29) is 6.04 Å². The van der Waals surface area contributed by atoms with Crippen LogP contribution in [0.3, 0.4) is 0 Å². The third-order valence-corrected chi connectivity index (χ3v) is 3.75. The largest absolute Gasteiger partial charge is 0.496 e. The van der Waals surface area contributed by atoms with E-state index >= 15 is 0 Å². The lowest BCUT2D eigenvalue weighted by atomic mass is 9.98. The van der Waals surface area contributed by atoms with E-state index in [0.29, 0.717) is 22.2 Å². The Kier molecular flexibility index (Phi) is 5.34. The minimum Gasteiger partial charge on any atom is -0.496 e. The standard InChI is InChI=1S/C16H17Cl2NO2/c1-20-15-6-4-11(17)7-10(15)8-14(19)13-5-3-12(18)9-16(13)21-2/h3-7,9,14H,8,19H2,1-2H3. The molecular weight excluding hydrogens is 309 g/mol. The van der Waals surface area contributed by atoms with E-state index in [1.807, 2.05) is 18.2 Å². The maximum absolute atomic E-state index is 6.31. The van der Waals surface area contributed by atoms with Crippen LogP contribution < -0.4 is 15.2 Å². The Labute approximate surface area is 134 Å². The molecule has 2 rings (SSSR count). The second kappa shape index (κ2) is 7.03. The molecule has 0 spiro atoms. The molecule has 0 aliphatic rings. The lowest BCUT2D eigenvalue weighted by molar-refractivity contribution is 0.401. The quantitative estimate of drug-likeness (QED) is 0.893. The van der Waals surface area contributed by atoms with E-state index in [2.05, 4.69) is 0 Å². The van der Waals surface area contributed by atoms with Gasteiger partial charge in [0.2, 0.25) is 0 Å². The molecule has 0 radical (unpaired) electrons. The minimum absolute atomic E-state index is 0.246. The highest BCUT2D eigenvalue weighted by Crippen LogP contribution is 2.32. The van der Waals surface area contributed by atoms with Gasteiger partial charge in [-0.2, -0.15) is 0 Å². The fraction of sp³-hybridized carbons (Fsp3) is 0.250. The summed E-state index contributed by atoms with van der Waals surface area (Å²) in [4.78, 5) is 0. The lowest BCUT2D eigenvalue weighted by Gasteiger charge is -2.17. The summed E-state index contributed by atoms with van der Waals surface area (Å²) in [5.41, 5.74) is 8.15. The van der Waals surface area contributed by atoms with Crippen LogP contribution in [-0.2, 0) is 6.42 Å². The first-order chi connectivity index (χ1) is 10.0. The van der Waals surface area contributed by atoms with E-state index in [4.69, 9.17) is 38.4 Å². The average molecular weight is 326 g/mol. The van der Waals surface area contributed by atoms with Crippen LogP contribution in [0.4, 0.5) is 0 Å². The summed E-state index contributed by atoms with van der Waals surface area (Å²) in [6, 6.07) is 10.7. The van der Waals surface area contributed by atoms with Crippen LogP contribution in [0.15, 0.2) is 36.4 Å². The first-order valence-electron chi connectivity index (χ1n) is 6.46. The van der Waals surface area contributed by atoms with E-state index in [1.165, 1.54) is 0 Å². The Hall–Kier alpha value is -1.42. The normalized spacial score (nSPS) is 12.0. The van der Waals surface area contributed by atoms with Crippen LogP contribution in [0.5, 0.6) is 11.5 Å². The molecule has 3 nitrogen and oxygen atoms in total. The van der Waals surface area contributed by atoms with Gasteiger partial charge in [0.15, 0.2) is 0 Å². The van der Waals surface area contributed by atoms with Crippen LogP contribution in [0.25, 0.3) is 0 Å². The van der Waals surface area contributed by atoms with Gasteiger partial charge in [-0.25, -0.2) is 0 Å². The second-order valence-electron chi connectivity index (χ2n) is 4.65. The van der Waals surface area contributed by atoms with Crippen LogP contribution in [0.2, 0.25) is 10.0 Å². The molecule has 0 aromatic heterocycles. The average Bonchev–Trinajstić information content (AvgIpc) is 2.47. The molecule has 21 heavy (non-hydrogen) atoms. The van der Waals surface area contributed by atoms with Gasteiger partial charge in [0.05, 0.1) is 14.2 Å². The molecule has 112 valence electrons. The van der Waals surface area contributed by atoms with Gasteiger partial charge in [0, 0.05) is 21.7 Å². The molecule has 0 fully saturated rings. The van der Waals surface area contributed by atoms with Crippen molar-refractivity contribution in [1.29, 1.82) is 0 Å². The number of ether oxygens (including phenoxy) is 2. The number of hydrogen-bond donors (Lipinski definition) is 1. The van der Waals surface area contributed by atoms with Crippen LogP contribution in [0, 0.1) is 0 Å². The fourth-order valence-corrected chi connectivity index (χ4v) is 2.60. The summed E-state index contributed by atoms with van der Waals surface area (Å²) in [5, 5.41) is 1.27. The van der Waals surface area contributed by atoms with Crippen molar-refractivity contribution in [1.82, 2.24) is 0 Å². The number of methoxy groups -OCH3 is 2. The maximum atomic E-state index is 6.31. The highest BCUT2D eigenvalue weighted by atomic mass is 35.5. The molecule has 0 aliphatic heterocycles. The first kappa shape index (κ1) is 16.0. The highest BCUT2D eigenvalue weighted by molar-refractivity contribution is 6.31. The van der Waals surface area contributed by atoms with Crippen LogP contribution in [0.1, 0.15) is 17.2 Å². The Morgan fingerprint density at radius 2 is 1.57 bits per heavy atom. The van der Waals surface area contributed by atoms with E-state index in [9.17, 15) is 0 Å². The Morgan fingerprint density at radius 1 is 0.952 bits per heavy atom. The Bertz CT molecular complexity index is 632. The predicted molar refractivity (Wildman–Crippen MR) is 86.6 cm³/mol. The van der Waals surface area contributed by atoms with Crippen molar-refractivity contribution in [3.63, 3.8) is 0 Å². The Morgan fingerprint density at radius 3 is 2.24 bits per heavy atom. The molecule has 0 saturated heterocycles. The zero-order valence-corrected chi connectivity index (χ0v) is 13.4. The van der Waals surface area contributed by atoms with Crippen molar-refractivity contribution in [2.24, 2.45) is 5.73 Å². The Balaban J connectivity index is 2.30. The summed E-state index contributed by atoms with van der Waals surface area (Å²) < 4.78 is 10.7. The zero-order chi connectivity index (χ0) is 15.4. The molecule has 2 aromatic rings. The molecule has 0 saturated carbocycles. The van der Waals surface area contributed by atoms with Crippen molar-refractivity contribution >= 4 is 23.2 Å². The summed E-state index contributed by atoms with van der Waals surface area (Å²) >= 11 is 12.0. The van der Waals surface area contributed by atoms with Crippen LogP contribution in [-0.4, -0.2) is 14.2 Å². The van der Waals surface area contributed by atoms with Gasteiger partial charge in [-0.1, -0.05) is 29.3 Å². The highest BCUT2D eigenvalue weighted by Gasteiger charge is 2.15. The number of halogens is 2. The lowest BCUT2D eigenvalue weighted by Crippen LogP contribution is -2.15. The van der Waals surface area contributed by atoms with Crippen molar-refractivity contribution in [2.75, 3.05) is 14.2 Å². The maximum Gasteiger partial charge on any atom is 0.125 e. The van der Waals surface area contributed by atoms with Gasteiger partial charge in [-0.3, -0.25) is 0 Å². The van der Waals surface area contributed by atoms with Crippen molar-refractivity contribution < 1.29 is 9.47 Å². The molecule has 0 amide bonds. The summed E-state index contributed by atoms with van der Waals surface area (Å²) in [7, 11) is 3.23. The third kappa shape index (κ3) is 3.82.